The van der Waals surface area contributed by atoms with Gasteiger partial charge in [0.1, 0.15) is 0 Å². The van der Waals surface area contributed by atoms with Crippen LogP contribution < -0.4 is 5.84 Å². The van der Waals surface area contributed by atoms with E-state index in [0.717, 1.165) is 23.2 Å². The summed E-state index contributed by atoms with van der Waals surface area (Å²) in [6.07, 6.45) is 4.92. The molecule has 0 saturated heterocycles. The van der Waals surface area contributed by atoms with E-state index in [2.05, 4.69) is 46.5 Å². The van der Waals surface area contributed by atoms with Gasteiger partial charge in [-0.25, -0.2) is 4.79 Å². The number of hydrogen-bond donors (Lipinski definition) is 2. The number of nitrogens with one attached hydrogen (secondary N) is 1. The maximum Gasteiger partial charge on any atom is 0.339 e. The van der Waals surface area contributed by atoms with Crippen LogP contribution in [0.3, 0.4) is 0 Å². The lowest BCUT2D eigenvalue weighted by Gasteiger charge is -2.07. The number of ether oxygens (including phenoxy) is 1. The van der Waals surface area contributed by atoms with E-state index in [1.165, 1.54) is 11.1 Å². The highest BCUT2D eigenvalue weighted by atomic mass is 16.5. The standard InChI is InChI=1S/C22H23N3O2/c1-2-27-22(26)20-11-12-24-21(20)14-18-5-3-16(4-6-18)13-17-7-9-19(10-8-17)15-25-23/h3-12,15,24H,2,13-14,23H2,1H3. The van der Waals surface area contributed by atoms with Crippen LogP contribution in [0.15, 0.2) is 65.9 Å². The quantitative estimate of drug-likeness (QED) is 0.292. The van der Waals surface area contributed by atoms with Crippen molar-refractivity contribution < 1.29 is 9.53 Å². The van der Waals surface area contributed by atoms with Gasteiger partial charge in [-0.2, -0.15) is 5.10 Å². The molecule has 0 unspecified atom stereocenters. The number of hydrazone groups is 1. The average Bonchev–Trinajstić information content (AvgIpc) is 3.14. The van der Waals surface area contributed by atoms with E-state index < -0.39 is 0 Å². The molecule has 1 heterocycles. The summed E-state index contributed by atoms with van der Waals surface area (Å²) in [6.45, 7) is 2.18. The number of aromatic nitrogens is 1. The molecule has 0 amide bonds. The molecule has 3 aromatic rings. The van der Waals surface area contributed by atoms with Crippen LogP contribution in [0.25, 0.3) is 0 Å². The Bertz CT molecular complexity index is 909. The third-order valence-electron chi connectivity index (χ3n) is 4.34. The first-order valence-corrected chi connectivity index (χ1v) is 8.93. The third kappa shape index (κ3) is 4.85. The molecule has 0 aliphatic rings. The van der Waals surface area contributed by atoms with Gasteiger partial charge in [-0.15, -0.1) is 0 Å². The van der Waals surface area contributed by atoms with E-state index >= 15 is 0 Å². The fourth-order valence-electron chi connectivity index (χ4n) is 2.97. The summed E-state index contributed by atoms with van der Waals surface area (Å²) >= 11 is 0. The number of carbonyl (C=O) groups excluding carboxylic acids is 1. The Hall–Kier alpha value is -3.34. The number of H-pyrrole nitrogens is 1. The SMILES string of the molecule is CCOC(=O)c1cc[nH]c1Cc1ccc(Cc2ccc(C=NN)cc2)cc1. The highest BCUT2D eigenvalue weighted by molar-refractivity contribution is 5.90. The lowest BCUT2D eigenvalue weighted by atomic mass is 10.0. The zero-order valence-electron chi connectivity index (χ0n) is 15.3. The van der Waals surface area contributed by atoms with Crippen molar-refractivity contribution in [1.82, 2.24) is 4.98 Å². The molecule has 0 radical (unpaired) electrons. The van der Waals surface area contributed by atoms with Crippen molar-refractivity contribution in [1.29, 1.82) is 0 Å². The molecule has 0 atom stereocenters. The summed E-state index contributed by atoms with van der Waals surface area (Å²) in [5.74, 6) is 4.88. The third-order valence-corrected chi connectivity index (χ3v) is 4.34. The topological polar surface area (TPSA) is 80.5 Å². The van der Waals surface area contributed by atoms with Gasteiger partial charge in [-0.3, -0.25) is 0 Å². The van der Waals surface area contributed by atoms with Crippen molar-refractivity contribution in [2.45, 2.75) is 19.8 Å². The fraction of sp³-hybridized carbons (Fsp3) is 0.182. The van der Waals surface area contributed by atoms with Crippen LogP contribution in [0, 0.1) is 0 Å². The largest absolute Gasteiger partial charge is 0.462 e. The monoisotopic (exact) mass is 361 g/mol. The van der Waals surface area contributed by atoms with Gasteiger partial charge >= 0.3 is 5.97 Å². The number of nitrogens with zero attached hydrogens (tertiary/aromatic N) is 1. The lowest BCUT2D eigenvalue weighted by molar-refractivity contribution is 0.0525. The molecule has 5 heteroatoms. The van der Waals surface area contributed by atoms with E-state index in [9.17, 15) is 4.79 Å². The van der Waals surface area contributed by atoms with Crippen molar-refractivity contribution in [2.75, 3.05) is 6.61 Å². The van der Waals surface area contributed by atoms with Crippen LogP contribution >= 0.6 is 0 Å². The molecular weight excluding hydrogens is 338 g/mol. The average molecular weight is 361 g/mol. The van der Waals surface area contributed by atoms with Gasteiger partial charge in [0, 0.05) is 18.3 Å². The molecule has 0 aliphatic carbocycles. The maximum absolute atomic E-state index is 12.0. The predicted molar refractivity (Wildman–Crippen MR) is 107 cm³/mol. The molecular formula is C22H23N3O2. The van der Waals surface area contributed by atoms with E-state index in [4.69, 9.17) is 10.6 Å². The van der Waals surface area contributed by atoms with Gasteiger partial charge in [0.2, 0.25) is 0 Å². The molecule has 0 fully saturated rings. The molecule has 0 spiro atoms. The van der Waals surface area contributed by atoms with Crippen molar-refractivity contribution in [3.63, 3.8) is 0 Å². The molecule has 138 valence electrons. The van der Waals surface area contributed by atoms with Crippen LogP contribution in [-0.2, 0) is 17.6 Å². The van der Waals surface area contributed by atoms with Gasteiger partial charge in [-0.1, -0.05) is 48.5 Å². The van der Waals surface area contributed by atoms with Crippen molar-refractivity contribution in [3.8, 4) is 0 Å². The zero-order chi connectivity index (χ0) is 19.1. The van der Waals surface area contributed by atoms with E-state index in [-0.39, 0.29) is 5.97 Å². The summed E-state index contributed by atoms with van der Waals surface area (Å²) in [4.78, 5) is 15.1. The Morgan fingerprint density at radius 1 is 1.00 bits per heavy atom. The number of esters is 1. The molecule has 5 nitrogen and oxygen atoms in total. The van der Waals surface area contributed by atoms with Crippen molar-refractivity contribution >= 4 is 12.2 Å². The van der Waals surface area contributed by atoms with Gasteiger partial charge in [0.05, 0.1) is 18.4 Å². The number of rotatable bonds is 7. The molecule has 3 N–H and O–H groups in total. The molecule has 0 saturated carbocycles. The van der Waals surface area contributed by atoms with Crippen molar-refractivity contribution in [2.24, 2.45) is 10.9 Å². The van der Waals surface area contributed by atoms with Crippen molar-refractivity contribution in [3.05, 3.63) is 94.3 Å². The lowest BCUT2D eigenvalue weighted by Crippen LogP contribution is -2.07. The minimum absolute atomic E-state index is 0.284. The Balaban J connectivity index is 1.65. The smallest absolute Gasteiger partial charge is 0.339 e. The minimum Gasteiger partial charge on any atom is -0.462 e. The second-order valence-corrected chi connectivity index (χ2v) is 6.28. The summed E-state index contributed by atoms with van der Waals surface area (Å²) in [5.41, 5.74) is 6.06. The van der Waals surface area contributed by atoms with Gasteiger partial charge in [0.25, 0.3) is 0 Å². The number of benzene rings is 2. The first-order valence-electron chi connectivity index (χ1n) is 8.93. The second-order valence-electron chi connectivity index (χ2n) is 6.28. The number of aromatic amines is 1. The van der Waals surface area contributed by atoms with Crippen LogP contribution in [0.4, 0.5) is 0 Å². The summed E-state index contributed by atoms with van der Waals surface area (Å²) < 4.78 is 5.10. The highest BCUT2D eigenvalue weighted by Crippen LogP contribution is 2.16. The summed E-state index contributed by atoms with van der Waals surface area (Å²) in [6, 6.07) is 18.4. The van der Waals surface area contributed by atoms with E-state index in [1.807, 2.05) is 19.1 Å². The van der Waals surface area contributed by atoms with E-state index in [1.54, 1.807) is 18.5 Å². The van der Waals surface area contributed by atoms with E-state index in [0.29, 0.717) is 18.6 Å². The first-order chi connectivity index (χ1) is 13.2. The van der Waals surface area contributed by atoms with Crippen LogP contribution in [0.5, 0.6) is 0 Å². The number of nitrogens with two attached hydrogens (primary N) is 1. The Morgan fingerprint density at radius 3 is 2.19 bits per heavy atom. The number of hydrogen-bond acceptors (Lipinski definition) is 4. The zero-order valence-corrected chi connectivity index (χ0v) is 15.3. The summed E-state index contributed by atoms with van der Waals surface area (Å²) in [7, 11) is 0. The Kier molecular flexibility index (Phi) is 6.05. The Labute approximate surface area is 158 Å². The maximum atomic E-state index is 12.0. The normalized spacial score (nSPS) is 11.0. The predicted octanol–water partition coefficient (Wildman–Crippen LogP) is 3.67. The van der Waals surface area contributed by atoms with Gasteiger partial charge in [0.15, 0.2) is 0 Å². The molecule has 0 bridgehead atoms. The molecule has 2 aromatic carbocycles. The Morgan fingerprint density at radius 2 is 1.59 bits per heavy atom. The minimum atomic E-state index is -0.284. The van der Waals surface area contributed by atoms with Gasteiger partial charge < -0.3 is 15.6 Å². The van der Waals surface area contributed by atoms with Gasteiger partial charge in [-0.05, 0) is 41.7 Å². The molecule has 0 aliphatic heterocycles. The fourth-order valence-corrected chi connectivity index (χ4v) is 2.97. The van der Waals surface area contributed by atoms with Crippen LogP contribution in [-0.4, -0.2) is 23.8 Å². The number of carbonyl (C=O) groups is 1. The molecule has 3 rings (SSSR count). The first kappa shape index (κ1) is 18.5. The highest BCUT2D eigenvalue weighted by Gasteiger charge is 2.13. The van der Waals surface area contributed by atoms with Crippen LogP contribution in [0.2, 0.25) is 0 Å². The summed E-state index contributed by atoms with van der Waals surface area (Å²) in [5, 5.41) is 3.53. The molecule has 27 heavy (non-hydrogen) atoms. The molecule has 1 aromatic heterocycles. The van der Waals surface area contributed by atoms with Crippen LogP contribution in [0.1, 0.15) is 45.2 Å². The second kappa shape index (κ2) is 8.85.